The number of hydrogen-bond acceptors (Lipinski definition) is 6. The van der Waals surface area contributed by atoms with Gasteiger partial charge in [-0.05, 0) is 36.4 Å². The van der Waals surface area contributed by atoms with Crippen molar-refractivity contribution in [2.24, 2.45) is 5.10 Å². The molecule has 0 aliphatic heterocycles. The van der Waals surface area contributed by atoms with E-state index < -0.39 is 4.92 Å². The van der Waals surface area contributed by atoms with Crippen molar-refractivity contribution in [3.05, 3.63) is 88.5 Å². The standard InChI is InChI=1S/C19H14N6O2/c26-25(27)19-9-5-4-6-14(19)13-20-21-15-10-11-17-18(12-15)23-24(22-17)16-7-2-1-3-8-16/h1-13,21H/b20-13-. The van der Waals surface area contributed by atoms with E-state index in [1.807, 2.05) is 48.5 Å². The molecule has 132 valence electrons. The van der Waals surface area contributed by atoms with Gasteiger partial charge in [-0.2, -0.15) is 9.90 Å². The van der Waals surface area contributed by atoms with Crippen molar-refractivity contribution in [1.29, 1.82) is 0 Å². The van der Waals surface area contributed by atoms with E-state index in [1.54, 1.807) is 23.0 Å². The van der Waals surface area contributed by atoms with Crippen molar-refractivity contribution in [2.45, 2.75) is 0 Å². The number of nitro groups is 1. The summed E-state index contributed by atoms with van der Waals surface area (Å²) in [7, 11) is 0. The molecule has 27 heavy (non-hydrogen) atoms. The van der Waals surface area contributed by atoms with Gasteiger partial charge in [0.2, 0.25) is 0 Å². The number of nitrogens with one attached hydrogen (secondary N) is 1. The molecule has 8 nitrogen and oxygen atoms in total. The van der Waals surface area contributed by atoms with Crippen molar-refractivity contribution >= 4 is 28.6 Å². The first-order valence-corrected chi connectivity index (χ1v) is 8.16. The molecule has 0 amide bonds. The second-order valence-electron chi connectivity index (χ2n) is 5.71. The Balaban J connectivity index is 1.56. The zero-order valence-corrected chi connectivity index (χ0v) is 14.1. The maximum Gasteiger partial charge on any atom is 0.278 e. The van der Waals surface area contributed by atoms with Gasteiger partial charge in [0.1, 0.15) is 11.0 Å². The molecule has 0 spiro atoms. The lowest BCUT2D eigenvalue weighted by Gasteiger charge is -1.99. The number of hydrogen-bond donors (Lipinski definition) is 1. The third-order valence-corrected chi connectivity index (χ3v) is 3.90. The van der Waals surface area contributed by atoms with Crippen LogP contribution < -0.4 is 5.43 Å². The summed E-state index contributed by atoms with van der Waals surface area (Å²) in [6, 6.07) is 21.5. The Morgan fingerprint density at radius 1 is 0.963 bits per heavy atom. The number of nitrogens with zero attached hydrogens (tertiary/aromatic N) is 5. The average Bonchev–Trinajstić information content (AvgIpc) is 3.12. The fourth-order valence-electron chi connectivity index (χ4n) is 2.60. The summed E-state index contributed by atoms with van der Waals surface area (Å²) >= 11 is 0. The number of benzene rings is 3. The number of rotatable bonds is 5. The summed E-state index contributed by atoms with van der Waals surface area (Å²) in [4.78, 5) is 12.2. The zero-order valence-electron chi connectivity index (χ0n) is 14.1. The molecule has 0 bridgehead atoms. The quantitative estimate of drug-likeness (QED) is 0.333. The SMILES string of the molecule is O=[N+]([O-])c1ccccc1/C=N\Nc1ccc2nn(-c3ccccc3)nc2c1. The molecule has 0 saturated carbocycles. The molecule has 1 heterocycles. The number of fused-ring (bicyclic) bond motifs is 1. The molecular weight excluding hydrogens is 344 g/mol. The fourth-order valence-corrected chi connectivity index (χ4v) is 2.60. The van der Waals surface area contributed by atoms with E-state index in [0.717, 1.165) is 11.2 Å². The van der Waals surface area contributed by atoms with Crippen molar-refractivity contribution in [1.82, 2.24) is 15.0 Å². The Labute approximate surface area is 153 Å². The van der Waals surface area contributed by atoms with Crippen LogP contribution in [0.25, 0.3) is 16.7 Å². The molecule has 0 aliphatic rings. The number of aromatic nitrogens is 3. The first kappa shape index (κ1) is 16.4. The van der Waals surface area contributed by atoms with E-state index >= 15 is 0 Å². The summed E-state index contributed by atoms with van der Waals surface area (Å²) in [6.07, 6.45) is 1.42. The second-order valence-corrected chi connectivity index (χ2v) is 5.71. The largest absolute Gasteiger partial charge is 0.278 e. The maximum atomic E-state index is 11.0. The predicted molar refractivity (Wildman–Crippen MR) is 103 cm³/mol. The molecule has 0 radical (unpaired) electrons. The minimum absolute atomic E-state index is 0.00399. The van der Waals surface area contributed by atoms with Gasteiger partial charge in [0.25, 0.3) is 5.69 Å². The number of para-hydroxylation sites is 2. The van der Waals surface area contributed by atoms with Crippen LogP contribution in [0, 0.1) is 10.1 Å². The van der Waals surface area contributed by atoms with Gasteiger partial charge in [-0.1, -0.05) is 30.3 Å². The minimum Gasteiger partial charge on any atom is -0.278 e. The van der Waals surface area contributed by atoms with Crippen molar-refractivity contribution < 1.29 is 4.92 Å². The number of hydrazone groups is 1. The summed E-state index contributed by atoms with van der Waals surface area (Å²) < 4.78 is 0. The highest BCUT2D eigenvalue weighted by atomic mass is 16.6. The fraction of sp³-hybridized carbons (Fsp3) is 0. The van der Waals surface area contributed by atoms with Gasteiger partial charge in [0, 0.05) is 6.07 Å². The Hall–Kier alpha value is -4.07. The molecule has 0 atom stereocenters. The highest BCUT2D eigenvalue weighted by Gasteiger charge is 2.10. The molecule has 1 aromatic heterocycles. The lowest BCUT2D eigenvalue weighted by atomic mass is 10.2. The summed E-state index contributed by atoms with van der Waals surface area (Å²) in [5.74, 6) is 0. The Bertz CT molecular complexity index is 1140. The van der Waals surface area contributed by atoms with E-state index in [4.69, 9.17) is 0 Å². The summed E-state index contributed by atoms with van der Waals surface area (Å²) in [5.41, 5.74) is 6.34. The summed E-state index contributed by atoms with van der Waals surface area (Å²) in [5, 5.41) is 24.0. The lowest BCUT2D eigenvalue weighted by molar-refractivity contribution is -0.385. The van der Waals surface area contributed by atoms with Crippen LogP contribution in [0.5, 0.6) is 0 Å². The Morgan fingerprint density at radius 3 is 2.52 bits per heavy atom. The minimum atomic E-state index is -0.435. The van der Waals surface area contributed by atoms with E-state index in [0.29, 0.717) is 16.8 Å². The van der Waals surface area contributed by atoms with Crippen molar-refractivity contribution in [2.75, 3.05) is 5.43 Å². The van der Waals surface area contributed by atoms with Crippen LogP contribution in [0.3, 0.4) is 0 Å². The van der Waals surface area contributed by atoms with Crippen molar-refractivity contribution in [3.8, 4) is 5.69 Å². The molecule has 8 heteroatoms. The number of anilines is 1. The second kappa shape index (κ2) is 7.04. The molecular formula is C19H14N6O2. The summed E-state index contributed by atoms with van der Waals surface area (Å²) in [6.45, 7) is 0. The maximum absolute atomic E-state index is 11.0. The van der Waals surface area contributed by atoms with Crippen molar-refractivity contribution in [3.63, 3.8) is 0 Å². The van der Waals surface area contributed by atoms with E-state index in [1.165, 1.54) is 12.3 Å². The molecule has 0 unspecified atom stereocenters. The highest BCUT2D eigenvalue weighted by molar-refractivity contribution is 5.86. The smallest absolute Gasteiger partial charge is 0.278 e. The van der Waals surface area contributed by atoms with Crippen LogP contribution in [-0.2, 0) is 0 Å². The van der Waals surface area contributed by atoms with Gasteiger partial charge in [0.15, 0.2) is 0 Å². The zero-order chi connectivity index (χ0) is 18.6. The van der Waals surface area contributed by atoms with Crippen LogP contribution in [0.1, 0.15) is 5.56 Å². The van der Waals surface area contributed by atoms with E-state index in [9.17, 15) is 10.1 Å². The van der Waals surface area contributed by atoms with Crippen LogP contribution in [-0.4, -0.2) is 26.1 Å². The van der Waals surface area contributed by atoms with Crippen LogP contribution in [0.15, 0.2) is 77.9 Å². The lowest BCUT2D eigenvalue weighted by Crippen LogP contribution is -1.97. The topological polar surface area (TPSA) is 98.2 Å². The molecule has 3 aromatic carbocycles. The van der Waals surface area contributed by atoms with Gasteiger partial charge >= 0.3 is 0 Å². The average molecular weight is 358 g/mol. The first-order valence-electron chi connectivity index (χ1n) is 8.16. The van der Waals surface area contributed by atoms with Crippen LogP contribution >= 0.6 is 0 Å². The molecule has 1 N–H and O–H groups in total. The molecule has 4 rings (SSSR count). The van der Waals surface area contributed by atoms with Gasteiger partial charge < -0.3 is 0 Å². The van der Waals surface area contributed by atoms with E-state index in [-0.39, 0.29) is 5.69 Å². The van der Waals surface area contributed by atoms with Gasteiger partial charge in [-0.25, -0.2) is 0 Å². The normalized spacial score (nSPS) is 11.1. The molecule has 0 aliphatic carbocycles. The third-order valence-electron chi connectivity index (χ3n) is 3.90. The molecule has 0 fully saturated rings. The molecule has 0 saturated heterocycles. The first-order chi connectivity index (χ1) is 13.2. The predicted octanol–water partition coefficient (Wildman–Crippen LogP) is 3.77. The highest BCUT2D eigenvalue weighted by Crippen LogP contribution is 2.18. The van der Waals surface area contributed by atoms with Gasteiger partial charge in [0.05, 0.1) is 28.1 Å². The third kappa shape index (κ3) is 3.49. The van der Waals surface area contributed by atoms with Crippen LogP contribution in [0.2, 0.25) is 0 Å². The monoisotopic (exact) mass is 358 g/mol. The van der Waals surface area contributed by atoms with Crippen LogP contribution in [0.4, 0.5) is 11.4 Å². The molecule has 4 aromatic rings. The Kier molecular flexibility index (Phi) is 4.28. The van der Waals surface area contributed by atoms with E-state index in [2.05, 4.69) is 20.7 Å². The number of nitro benzene ring substituents is 1. The van der Waals surface area contributed by atoms with Gasteiger partial charge in [-0.15, -0.1) is 10.2 Å². The Morgan fingerprint density at radius 2 is 1.70 bits per heavy atom. The van der Waals surface area contributed by atoms with Gasteiger partial charge in [-0.3, -0.25) is 15.5 Å².